The van der Waals surface area contributed by atoms with Crippen molar-refractivity contribution < 1.29 is 0 Å². The predicted octanol–water partition coefficient (Wildman–Crippen LogP) is 15.0. The van der Waals surface area contributed by atoms with Crippen molar-refractivity contribution in [2.45, 2.75) is 32.1 Å². The van der Waals surface area contributed by atoms with E-state index in [9.17, 15) is 0 Å². The van der Waals surface area contributed by atoms with Crippen LogP contribution in [0.3, 0.4) is 0 Å². The molecule has 4 nitrogen and oxygen atoms in total. The second kappa shape index (κ2) is 14.2. The third-order valence-corrected chi connectivity index (χ3v) is 14.1. The maximum atomic E-state index is 5.38. The molecule has 2 atom stereocenters. The van der Waals surface area contributed by atoms with Gasteiger partial charge in [-0.25, -0.2) is 15.0 Å². The van der Waals surface area contributed by atoms with E-state index >= 15 is 0 Å². The number of fused-ring (bicyclic) bond motifs is 8. The molecule has 3 heterocycles. The summed E-state index contributed by atoms with van der Waals surface area (Å²) < 4.78 is 2.39. The lowest BCUT2D eigenvalue weighted by Gasteiger charge is -2.41. The summed E-state index contributed by atoms with van der Waals surface area (Å²) >= 11 is 0. The average Bonchev–Trinajstić information content (AvgIpc) is 3.78. The smallest absolute Gasteiger partial charge is 0.160 e. The zero-order valence-electron chi connectivity index (χ0n) is 35.5. The molecule has 0 N–H and O–H groups in total. The molecule has 3 aromatic heterocycles. The van der Waals surface area contributed by atoms with Crippen LogP contribution in [-0.4, -0.2) is 19.5 Å². The van der Waals surface area contributed by atoms with Gasteiger partial charge in [0.1, 0.15) is 0 Å². The summed E-state index contributed by atoms with van der Waals surface area (Å²) in [5.74, 6) is 1.07. The summed E-state index contributed by atoms with van der Waals surface area (Å²) in [6, 6.07) is 64.9. The molecule has 4 heteroatoms. The molecule has 10 aromatic rings. The molecule has 0 saturated heterocycles. The van der Waals surface area contributed by atoms with E-state index in [0.717, 1.165) is 72.3 Å². The molecule has 0 spiro atoms. The molecule has 0 aliphatic heterocycles. The Kier molecular flexibility index (Phi) is 8.35. The minimum atomic E-state index is -0.0129. The Labute approximate surface area is 367 Å². The van der Waals surface area contributed by atoms with Crippen LogP contribution in [0.15, 0.2) is 206 Å². The van der Waals surface area contributed by atoms with Crippen LogP contribution >= 0.6 is 0 Å². The Morgan fingerprint density at radius 3 is 1.94 bits per heavy atom. The molecule has 0 radical (unpaired) electrons. The van der Waals surface area contributed by atoms with Crippen molar-refractivity contribution >= 4 is 32.7 Å². The standard InChI is InChI=1S/C59H44N4/c1-58(2)49-36-42(32-33-45(49)48-25-14-15-34-59(48,58)3)41-19-16-20-43(35-41)52-37-51(61-57(62-52)40-17-6-4-7-18-40)38-28-30-39(31-29-38)55-54-47-24-11-13-27-53(47)63(44-21-8-5-9-22-44)56(54)46-23-10-12-26-50(46)60-55/h4-37,48H,1-3H3. The summed E-state index contributed by atoms with van der Waals surface area (Å²) in [5.41, 5.74) is 16.5. The van der Waals surface area contributed by atoms with E-state index in [2.05, 4.69) is 213 Å². The van der Waals surface area contributed by atoms with Crippen LogP contribution in [0.2, 0.25) is 0 Å². The Bertz CT molecular complexity index is 3490. The van der Waals surface area contributed by atoms with Crippen molar-refractivity contribution in [2.24, 2.45) is 5.41 Å². The zero-order chi connectivity index (χ0) is 42.3. The van der Waals surface area contributed by atoms with Crippen molar-refractivity contribution in [2.75, 3.05) is 0 Å². The highest BCUT2D eigenvalue weighted by molar-refractivity contribution is 6.22. The predicted molar refractivity (Wildman–Crippen MR) is 261 cm³/mol. The van der Waals surface area contributed by atoms with E-state index in [-0.39, 0.29) is 10.8 Å². The Morgan fingerprint density at radius 1 is 0.492 bits per heavy atom. The van der Waals surface area contributed by atoms with Gasteiger partial charge in [-0.15, -0.1) is 0 Å². The fraction of sp³-hybridized carbons (Fsp3) is 0.102. The van der Waals surface area contributed by atoms with Crippen LogP contribution in [0.5, 0.6) is 0 Å². The molecule has 63 heavy (non-hydrogen) atoms. The van der Waals surface area contributed by atoms with Gasteiger partial charge in [0.2, 0.25) is 0 Å². The van der Waals surface area contributed by atoms with E-state index in [0.29, 0.717) is 11.7 Å². The lowest BCUT2D eigenvalue weighted by molar-refractivity contribution is 0.245. The molecule has 7 aromatic carbocycles. The van der Waals surface area contributed by atoms with Crippen LogP contribution < -0.4 is 0 Å². The van der Waals surface area contributed by atoms with Gasteiger partial charge in [0.15, 0.2) is 5.82 Å². The molecular weight excluding hydrogens is 765 g/mol. The molecule has 2 unspecified atom stereocenters. The number of hydrogen-bond acceptors (Lipinski definition) is 3. The molecule has 0 bridgehead atoms. The normalized spacial score (nSPS) is 17.3. The number of rotatable bonds is 6. The number of aromatic nitrogens is 4. The van der Waals surface area contributed by atoms with Gasteiger partial charge >= 0.3 is 0 Å². The molecule has 0 fully saturated rings. The molecule has 0 saturated carbocycles. The number of allylic oxidation sites excluding steroid dienone is 4. The van der Waals surface area contributed by atoms with E-state index in [4.69, 9.17) is 15.0 Å². The van der Waals surface area contributed by atoms with Crippen molar-refractivity contribution in [1.29, 1.82) is 0 Å². The summed E-state index contributed by atoms with van der Waals surface area (Å²) in [6.07, 6.45) is 9.21. The molecule has 12 rings (SSSR count). The van der Waals surface area contributed by atoms with Crippen molar-refractivity contribution in [3.63, 3.8) is 0 Å². The second-order valence-corrected chi connectivity index (χ2v) is 17.8. The van der Waals surface area contributed by atoms with E-state index < -0.39 is 0 Å². The Balaban J connectivity index is 0.971. The van der Waals surface area contributed by atoms with Gasteiger partial charge in [-0.2, -0.15) is 0 Å². The number of benzene rings is 7. The largest absolute Gasteiger partial charge is 0.308 e. The quantitative estimate of drug-likeness (QED) is 0.168. The van der Waals surface area contributed by atoms with Gasteiger partial charge in [-0.05, 0) is 64.1 Å². The summed E-state index contributed by atoms with van der Waals surface area (Å²) in [5, 5.41) is 3.44. The topological polar surface area (TPSA) is 43.6 Å². The van der Waals surface area contributed by atoms with E-state index in [1.165, 1.54) is 27.6 Å². The van der Waals surface area contributed by atoms with Crippen LogP contribution in [-0.2, 0) is 5.41 Å². The minimum Gasteiger partial charge on any atom is -0.308 e. The van der Waals surface area contributed by atoms with Crippen molar-refractivity contribution in [3.8, 4) is 62.0 Å². The number of nitrogens with zero attached hydrogens (tertiary/aromatic N) is 4. The van der Waals surface area contributed by atoms with Crippen molar-refractivity contribution in [1.82, 2.24) is 19.5 Å². The highest BCUT2D eigenvalue weighted by Crippen LogP contribution is 2.61. The van der Waals surface area contributed by atoms with Crippen molar-refractivity contribution in [3.05, 3.63) is 217 Å². The monoisotopic (exact) mass is 808 g/mol. The van der Waals surface area contributed by atoms with Crippen LogP contribution in [0, 0.1) is 5.41 Å². The third kappa shape index (κ3) is 5.78. The summed E-state index contributed by atoms with van der Waals surface area (Å²) in [4.78, 5) is 15.8. The zero-order valence-corrected chi connectivity index (χ0v) is 35.5. The molecule has 2 aliphatic rings. The van der Waals surface area contributed by atoms with Crippen LogP contribution in [0.25, 0.3) is 94.7 Å². The van der Waals surface area contributed by atoms with Gasteiger partial charge < -0.3 is 4.57 Å². The summed E-state index contributed by atoms with van der Waals surface area (Å²) in [7, 11) is 0. The van der Waals surface area contributed by atoms with E-state index in [1.54, 1.807) is 0 Å². The Hall–Kier alpha value is -7.69. The van der Waals surface area contributed by atoms with Gasteiger partial charge in [-0.3, -0.25) is 0 Å². The lowest BCUT2D eigenvalue weighted by Crippen LogP contribution is -2.36. The third-order valence-electron chi connectivity index (χ3n) is 14.1. The molecule has 0 amide bonds. The fourth-order valence-electron chi connectivity index (χ4n) is 10.4. The minimum absolute atomic E-state index is 0.0129. The molecule has 300 valence electrons. The second-order valence-electron chi connectivity index (χ2n) is 17.8. The first kappa shape index (κ1) is 37.1. The number of hydrogen-bond donors (Lipinski definition) is 0. The fourth-order valence-corrected chi connectivity index (χ4v) is 10.4. The van der Waals surface area contributed by atoms with Gasteiger partial charge in [0.05, 0.1) is 33.6 Å². The average molecular weight is 809 g/mol. The molecule has 2 aliphatic carbocycles. The first-order valence-corrected chi connectivity index (χ1v) is 21.9. The van der Waals surface area contributed by atoms with Gasteiger partial charge in [0.25, 0.3) is 0 Å². The maximum absolute atomic E-state index is 5.38. The summed E-state index contributed by atoms with van der Waals surface area (Å²) in [6.45, 7) is 7.21. The lowest BCUT2D eigenvalue weighted by atomic mass is 9.62. The molecular formula is C59H44N4. The number of para-hydroxylation sites is 3. The van der Waals surface area contributed by atoms with Gasteiger partial charge in [-0.1, -0.05) is 191 Å². The van der Waals surface area contributed by atoms with Crippen LogP contribution in [0.4, 0.5) is 0 Å². The first-order valence-electron chi connectivity index (χ1n) is 21.9. The highest BCUT2D eigenvalue weighted by atomic mass is 15.0. The SMILES string of the molecule is CC1(C)c2cc(-c3cccc(-c4cc(-c5ccc(-c6nc7ccccc7c7c6c6ccccc6n7-c6ccccc6)cc5)nc(-c5ccccc5)n4)c3)ccc2C2C=CC=CC21C. The van der Waals surface area contributed by atoms with Crippen LogP contribution in [0.1, 0.15) is 37.8 Å². The Morgan fingerprint density at radius 2 is 1.13 bits per heavy atom. The van der Waals surface area contributed by atoms with Gasteiger partial charge in [0, 0.05) is 55.4 Å². The number of pyridine rings is 1. The maximum Gasteiger partial charge on any atom is 0.160 e. The highest BCUT2D eigenvalue weighted by Gasteiger charge is 2.53. The van der Waals surface area contributed by atoms with E-state index in [1.807, 2.05) is 18.2 Å². The first-order chi connectivity index (χ1) is 30.9.